The minimum atomic E-state index is -0.182. The molecule has 0 spiro atoms. The van der Waals surface area contributed by atoms with Crippen molar-refractivity contribution in [3.8, 4) is 0 Å². The standard InChI is InChI=1S/C21H16N4O/c1-15(26)22-21(16-9-3-2-4-10-16)24-25-20-14-8-6-12-18(20)17-11-5-7-13-19(17)23-25/h2-14H,1H3/p+1. The number of benzene rings is 3. The molecule has 5 nitrogen and oxygen atoms in total. The Bertz CT molecular complexity index is 1140. The molecule has 0 radical (unpaired) electrons. The van der Waals surface area contributed by atoms with Crippen LogP contribution in [0, 0.1) is 0 Å². The third kappa shape index (κ3) is 3.02. The number of para-hydroxylation sites is 1. The molecule has 3 aromatic carbocycles. The first-order valence-electron chi connectivity index (χ1n) is 8.34. The van der Waals surface area contributed by atoms with Gasteiger partial charge in [0, 0.05) is 29.0 Å². The van der Waals surface area contributed by atoms with Crippen molar-refractivity contribution in [3.63, 3.8) is 0 Å². The highest BCUT2D eigenvalue weighted by molar-refractivity contribution is 6.07. The van der Waals surface area contributed by atoms with Gasteiger partial charge in [0.25, 0.3) is 5.52 Å². The summed E-state index contributed by atoms with van der Waals surface area (Å²) in [6.45, 7) is 1.47. The van der Waals surface area contributed by atoms with Gasteiger partial charge in [-0.25, -0.2) is 0 Å². The van der Waals surface area contributed by atoms with Crippen LogP contribution in [0.15, 0.2) is 84.0 Å². The molecule has 0 saturated carbocycles. The van der Waals surface area contributed by atoms with Gasteiger partial charge in [0.2, 0.25) is 11.7 Å². The van der Waals surface area contributed by atoms with Crippen LogP contribution in [0.2, 0.25) is 0 Å². The lowest BCUT2D eigenvalue weighted by Crippen LogP contribution is -2.40. The molecule has 4 aromatic rings. The highest BCUT2D eigenvalue weighted by Gasteiger charge is 2.17. The van der Waals surface area contributed by atoms with Gasteiger partial charge in [-0.2, -0.15) is 0 Å². The van der Waals surface area contributed by atoms with E-state index in [2.05, 4.69) is 15.5 Å². The van der Waals surface area contributed by atoms with Gasteiger partial charge in [-0.05, 0) is 12.1 Å². The Morgan fingerprint density at radius 2 is 1.54 bits per heavy atom. The van der Waals surface area contributed by atoms with Crippen LogP contribution in [0.25, 0.3) is 21.8 Å². The molecule has 0 aliphatic carbocycles. The number of fused-ring (bicyclic) bond motifs is 3. The predicted molar refractivity (Wildman–Crippen MR) is 102 cm³/mol. The van der Waals surface area contributed by atoms with Crippen LogP contribution in [-0.2, 0) is 4.79 Å². The van der Waals surface area contributed by atoms with Crippen molar-refractivity contribution in [2.45, 2.75) is 6.92 Å². The normalized spacial score (nSPS) is 11.7. The minimum absolute atomic E-state index is 0.182. The molecule has 0 fully saturated rings. The molecule has 0 saturated heterocycles. The van der Waals surface area contributed by atoms with E-state index in [4.69, 9.17) is 0 Å². The third-order valence-electron chi connectivity index (χ3n) is 4.05. The quantitative estimate of drug-likeness (QED) is 0.264. The average Bonchev–Trinajstić information content (AvgIpc) is 2.68. The fourth-order valence-electron chi connectivity index (χ4n) is 2.91. The van der Waals surface area contributed by atoms with Crippen molar-refractivity contribution in [1.82, 2.24) is 10.4 Å². The van der Waals surface area contributed by atoms with Gasteiger partial charge >= 0.3 is 0 Å². The Balaban J connectivity index is 1.98. The van der Waals surface area contributed by atoms with E-state index in [1.807, 2.05) is 78.9 Å². The molecule has 0 bridgehead atoms. The predicted octanol–water partition coefficient (Wildman–Crippen LogP) is 3.02. The Morgan fingerprint density at radius 1 is 0.885 bits per heavy atom. The number of rotatable bonds is 2. The van der Waals surface area contributed by atoms with E-state index in [1.54, 1.807) is 4.79 Å². The summed E-state index contributed by atoms with van der Waals surface area (Å²) in [5, 5.41) is 14.2. The zero-order valence-corrected chi connectivity index (χ0v) is 14.3. The summed E-state index contributed by atoms with van der Waals surface area (Å²) in [5.74, 6) is 0.273. The second-order valence-electron chi connectivity index (χ2n) is 5.92. The Hall–Kier alpha value is -3.60. The van der Waals surface area contributed by atoms with E-state index in [0.29, 0.717) is 5.84 Å². The molecule has 26 heavy (non-hydrogen) atoms. The van der Waals surface area contributed by atoms with E-state index in [1.165, 1.54) is 6.92 Å². The van der Waals surface area contributed by atoms with Gasteiger partial charge in [-0.3, -0.25) is 4.79 Å². The van der Waals surface area contributed by atoms with Crippen LogP contribution < -0.4 is 10.1 Å². The molecule has 1 amide bonds. The third-order valence-corrected chi connectivity index (χ3v) is 4.05. The fraction of sp³-hybridized carbons (Fsp3) is 0.0476. The summed E-state index contributed by atoms with van der Waals surface area (Å²) in [7, 11) is 0. The zero-order valence-electron chi connectivity index (χ0n) is 14.3. The Morgan fingerprint density at radius 3 is 2.31 bits per heavy atom. The van der Waals surface area contributed by atoms with Gasteiger partial charge in [0.15, 0.2) is 0 Å². The van der Waals surface area contributed by atoms with Gasteiger partial charge in [0.1, 0.15) is 5.52 Å². The van der Waals surface area contributed by atoms with Crippen LogP contribution in [0.5, 0.6) is 0 Å². The SMILES string of the molecule is CC(=O)N/C(=N\[n+]1nc2ccccc2c2ccccc21)c1ccccc1. The number of aromatic nitrogens is 2. The average molecular weight is 341 g/mol. The topological polar surface area (TPSA) is 58.2 Å². The first kappa shape index (κ1) is 15.9. The molecular formula is C21H17N4O+. The van der Waals surface area contributed by atoms with Gasteiger partial charge in [-0.1, -0.05) is 60.7 Å². The van der Waals surface area contributed by atoms with Crippen molar-refractivity contribution < 1.29 is 9.59 Å². The first-order chi connectivity index (χ1) is 12.7. The maximum atomic E-state index is 11.7. The number of nitrogens with one attached hydrogen (secondary N) is 1. The van der Waals surface area contributed by atoms with Crippen LogP contribution in [0.1, 0.15) is 12.5 Å². The van der Waals surface area contributed by atoms with E-state index in [9.17, 15) is 4.79 Å². The molecule has 1 heterocycles. The van der Waals surface area contributed by atoms with Crippen LogP contribution in [0.4, 0.5) is 0 Å². The van der Waals surface area contributed by atoms with Crippen molar-refractivity contribution in [2.75, 3.05) is 0 Å². The zero-order chi connectivity index (χ0) is 17.9. The Labute approximate surface area is 150 Å². The number of carbonyl (C=O) groups is 1. The smallest absolute Gasteiger partial charge is 0.276 e. The fourth-order valence-corrected chi connectivity index (χ4v) is 2.91. The van der Waals surface area contributed by atoms with E-state index < -0.39 is 0 Å². The number of hydrogen-bond acceptors (Lipinski definition) is 3. The van der Waals surface area contributed by atoms with Crippen molar-refractivity contribution in [1.29, 1.82) is 0 Å². The van der Waals surface area contributed by atoms with E-state index in [-0.39, 0.29) is 5.91 Å². The number of hydrogen-bond donors (Lipinski definition) is 1. The van der Waals surface area contributed by atoms with E-state index in [0.717, 1.165) is 27.4 Å². The van der Waals surface area contributed by atoms with Crippen LogP contribution in [0.3, 0.4) is 0 Å². The molecule has 0 unspecified atom stereocenters. The second-order valence-corrected chi connectivity index (χ2v) is 5.92. The van der Waals surface area contributed by atoms with Crippen molar-refractivity contribution in [3.05, 3.63) is 84.4 Å². The summed E-state index contributed by atoms with van der Waals surface area (Å²) in [4.78, 5) is 13.3. The lowest BCUT2D eigenvalue weighted by Gasteiger charge is -2.04. The van der Waals surface area contributed by atoms with E-state index >= 15 is 0 Å². The summed E-state index contributed by atoms with van der Waals surface area (Å²) in [6, 6.07) is 25.4. The van der Waals surface area contributed by atoms with Gasteiger partial charge in [0.05, 0.1) is 15.3 Å². The van der Waals surface area contributed by atoms with Crippen LogP contribution >= 0.6 is 0 Å². The molecular weight excluding hydrogens is 324 g/mol. The van der Waals surface area contributed by atoms with Crippen molar-refractivity contribution >= 4 is 33.5 Å². The van der Waals surface area contributed by atoms with Crippen molar-refractivity contribution in [2.24, 2.45) is 5.10 Å². The molecule has 0 atom stereocenters. The van der Waals surface area contributed by atoms with Crippen LogP contribution in [-0.4, -0.2) is 16.8 Å². The second kappa shape index (κ2) is 6.72. The largest absolute Gasteiger partial charge is 0.305 e. The molecule has 126 valence electrons. The lowest BCUT2D eigenvalue weighted by atomic mass is 10.1. The van der Waals surface area contributed by atoms with Gasteiger partial charge < -0.3 is 5.32 Å². The summed E-state index contributed by atoms with van der Waals surface area (Å²) >= 11 is 0. The lowest BCUT2D eigenvalue weighted by molar-refractivity contribution is -0.710. The summed E-state index contributed by atoms with van der Waals surface area (Å²) in [6.07, 6.45) is 0. The summed E-state index contributed by atoms with van der Waals surface area (Å²) < 4.78 is 0. The minimum Gasteiger partial charge on any atom is -0.305 e. The first-order valence-corrected chi connectivity index (χ1v) is 8.34. The number of amides is 1. The molecule has 0 aliphatic rings. The molecule has 4 rings (SSSR count). The monoisotopic (exact) mass is 341 g/mol. The highest BCUT2D eigenvalue weighted by Crippen LogP contribution is 2.20. The number of nitrogens with zero attached hydrogens (tertiary/aromatic N) is 3. The number of carbonyl (C=O) groups excluding carboxylic acids is 1. The molecule has 1 N–H and O–H groups in total. The molecule has 0 aliphatic heterocycles. The highest BCUT2D eigenvalue weighted by atomic mass is 16.1. The maximum absolute atomic E-state index is 11.7. The Kier molecular flexibility index (Phi) is 4.11. The summed E-state index contributed by atoms with van der Waals surface area (Å²) in [5.41, 5.74) is 2.52. The molecule has 1 aromatic heterocycles. The number of amidine groups is 1. The molecule has 5 heteroatoms. The maximum Gasteiger partial charge on any atom is 0.276 e. The van der Waals surface area contributed by atoms with Gasteiger partial charge in [-0.15, -0.1) is 0 Å².